The van der Waals surface area contributed by atoms with Crippen molar-refractivity contribution >= 4 is 46.7 Å². The van der Waals surface area contributed by atoms with Gasteiger partial charge >= 0.3 is 18.1 Å². The van der Waals surface area contributed by atoms with Crippen LogP contribution >= 0.6 is 11.6 Å². The van der Waals surface area contributed by atoms with Crippen molar-refractivity contribution in [2.75, 3.05) is 49.5 Å². The van der Waals surface area contributed by atoms with Gasteiger partial charge in [-0.1, -0.05) is 31.0 Å². The Morgan fingerprint density at radius 1 is 0.975 bits per heavy atom. The summed E-state index contributed by atoms with van der Waals surface area (Å²) in [7, 11) is 0. The number of piperazine rings is 1. The number of anilines is 2. The second-order valence-corrected chi connectivity index (χ2v) is 9.21. The number of carboxylic acid groups (broad SMARTS) is 2. The van der Waals surface area contributed by atoms with E-state index in [0.29, 0.717) is 55.5 Å². The zero-order valence-electron chi connectivity index (χ0n) is 21.6. The molecule has 0 spiro atoms. The van der Waals surface area contributed by atoms with Gasteiger partial charge in [-0.15, -0.1) is 0 Å². The summed E-state index contributed by atoms with van der Waals surface area (Å²) in [5, 5.41) is 22.7. The molecular weight excluding hydrogens is 557 g/mol. The van der Waals surface area contributed by atoms with Crippen molar-refractivity contribution in [2.45, 2.75) is 25.9 Å². The number of unbranched alkanes of at least 4 members (excludes halogenated alkanes) is 1. The molecule has 2 aromatic rings. The van der Waals surface area contributed by atoms with E-state index in [-0.39, 0.29) is 17.4 Å². The number of carboxylic acids is 2. The third kappa shape index (κ3) is 10.4. The quantitative estimate of drug-likeness (QED) is 0.324. The second-order valence-electron chi connectivity index (χ2n) is 8.77. The Balaban J connectivity index is 0.000000708. The van der Waals surface area contributed by atoms with Crippen LogP contribution in [-0.2, 0) is 9.59 Å². The van der Waals surface area contributed by atoms with Crippen LogP contribution in [0.25, 0.3) is 0 Å². The van der Waals surface area contributed by atoms with E-state index in [1.165, 1.54) is 12.1 Å². The van der Waals surface area contributed by atoms with Gasteiger partial charge in [-0.05, 0) is 42.8 Å². The van der Waals surface area contributed by atoms with E-state index in [0.717, 1.165) is 18.5 Å². The van der Waals surface area contributed by atoms with Crippen LogP contribution in [0.2, 0.25) is 5.02 Å². The van der Waals surface area contributed by atoms with Crippen LogP contribution in [0, 0.1) is 0 Å². The van der Waals surface area contributed by atoms with E-state index in [1.54, 1.807) is 30.3 Å². The van der Waals surface area contributed by atoms with Crippen LogP contribution in [0.15, 0.2) is 42.5 Å². The molecule has 2 aromatic carbocycles. The Labute approximate surface area is 233 Å². The maximum absolute atomic E-state index is 12.8. The Bertz CT molecular complexity index is 1200. The van der Waals surface area contributed by atoms with E-state index in [2.05, 4.69) is 27.4 Å². The average Bonchev–Trinajstić information content (AvgIpc) is 2.89. The highest BCUT2D eigenvalue weighted by molar-refractivity contribution is 6.31. The van der Waals surface area contributed by atoms with Crippen molar-refractivity contribution in [3.05, 3.63) is 58.6 Å². The molecule has 1 aliphatic heterocycles. The number of carbonyl (C=O) groups is 4. The third-order valence-corrected chi connectivity index (χ3v) is 5.99. The van der Waals surface area contributed by atoms with E-state index in [1.807, 2.05) is 0 Å². The number of nitrogens with one attached hydrogen (secondary N) is 2. The lowest BCUT2D eigenvalue weighted by Gasteiger charge is -2.36. The highest BCUT2D eigenvalue weighted by atomic mass is 35.5. The molecule has 0 atom stereocenters. The molecule has 1 aliphatic rings. The van der Waals surface area contributed by atoms with Gasteiger partial charge in [0.1, 0.15) is 0 Å². The third-order valence-electron chi connectivity index (χ3n) is 5.75. The standard InChI is InChI=1S/C24H29ClN4O4.C2HF3O2/c1-2-3-9-26-22(30)16-28-10-12-29(13-11-28)21-8-7-18(24(32)33)15-20(21)27-23(31)17-5-4-6-19(25)14-17;3-2(4,5)1(6)7/h4-8,14-15H,2-3,9-13,16H2,1H3,(H,26,30)(H,27,31)(H,32,33);(H,6,7). The summed E-state index contributed by atoms with van der Waals surface area (Å²) in [4.78, 5) is 49.4. The fraction of sp³-hybridized carbons (Fsp3) is 0.385. The summed E-state index contributed by atoms with van der Waals surface area (Å²) in [6, 6.07) is 11.3. The average molecular weight is 587 g/mol. The van der Waals surface area contributed by atoms with Gasteiger partial charge in [-0.3, -0.25) is 14.5 Å². The molecule has 0 aromatic heterocycles. The fourth-order valence-corrected chi connectivity index (χ4v) is 3.87. The monoisotopic (exact) mass is 586 g/mol. The lowest BCUT2D eigenvalue weighted by Crippen LogP contribution is -2.49. The van der Waals surface area contributed by atoms with E-state index >= 15 is 0 Å². The van der Waals surface area contributed by atoms with Crippen molar-refractivity contribution in [1.82, 2.24) is 10.2 Å². The van der Waals surface area contributed by atoms with Gasteiger partial charge in [0.15, 0.2) is 0 Å². The Hall–Kier alpha value is -3.84. The predicted octanol–water partition coefficient (Wildman–Crippen LogP) is 3.96. The molecule has 1 saturated heterocycles. The molecule has 0 aliphatic carbocycles. The Morgan fingerprint density at radius 2 is 1.62 bits per heavy atom. The lowest BCUT2D eigenvalue weighted by molar-refractivity contribution is -0.192. The lowest BCUT2D eigenvalue weighted by atomic mass is 10.1. The molecule has 0 bridgehead atoms. The van der Waals surface area contributed by atoms with Gasteiger partial charge in [-0.2, -0.15) is 13.2 Å². The van der Waals surface area contributed by atoms with Crippen molar-refractivity contribution in [1.29, 1.82) is 0 Å². The summed E-state index contributed by atoms with van der Waals surface area (Å²) in [5.74, 6) is -4.17. The van der Waals surface area contributed by atoms with Crippen LogP contribution in [0.5, 0.6) is 0 Å². The van der Waals surface area contributed by atoms with E-state index < -0.39 is 18.1 Å². The Kier molecular flexibility index (Phi) is 12.2. The molecule has 3 rings (SSSR count). The minimum absolute atomic E-state index is 0.0252. The molecule has 2 amide bonds. The first-order valence-electron chi connectivity index (χ1n) is 12.3. The summed E-state index contributed by atoms with van der Waals surface area (Å²) in [5.41, 5.74) is 1.63. The van der Waals surface area contributed by atoms with E-state index in [4.69, 9.17) is 21.5 Å². The number of hydrogen-bond acceptors (Lipinski definition) is 6. The number of nitrogens with zero attached hydrogens (tertiary/aromatic N) is 2. The van der Waals surface area contributed by atoms with Crippen LogP contribution in [-0.4, -0.2) is 84.3 Å². The number of rotatable bonds is 9. The molecule has 10 nitrogen and oxygen atoms in total. The van der Waals surface area contributed by atoms with Crippen LogP contribution in [0.1, 0.15) is 40.5 Å². The van der Waals surface area contributed by atoms with Crippen molar-refractivity contribution in [3.63, 3.8) is 0 Å². The van der Waals surface area contributed by atoms with Crippen LogP contribution < -0.4 is 15.5 Å². The van der Waals surface area contributed by atoms with Crippen LogP contribution in [0.3, 0.4) is 0 Å². The van der Waals surface area contributed by atoms with Gasteiger partial charge in [0.05, 0.1) is 23.5 Å². The molecule has 40 heavy (non-hydrogen) atoms. The normalized spacial score (nSPS) is 13.6. The molecule has 218 valence electrons. The Morgan fingerprint density at radius 3 is 2.17 bits per heavy atom. The number of amides is 2. The summed E-state index contributed by atoms with van der Waals surface area (Å²) in [6.07, 6.45) is -3.08. The predicted molar refractivity (Wildman–Crippen MR) is 143 cm³/mol. The first kappa shape index (κ1) is 32.4. The molecular formula is C26H30ClF3N4O6. The number of halogens is 4. The summed E-state index contributed by atoms with van der Waals surface area (Å²) < 4.78 is 31.7. The maximum Gasteiger partial charge on any atom is 0.490 e. The highest BCUT2D eigenvalue weighted by Gasteiger charge is 2.38. The van der Waals surface area contributed by atoms with Gasteiger partial charge in [-0.25, -0.2) is 9.59 Å². The molecule has 0 saturated carbocycles. The SMILES string of the molecule is CCCCNC(=O)CN1CCN(c2ccc(C(=O)O)cc2NC(=O)c2cccc(Cl)c2)CC1.O=C(O)C(F)(F)F. The van der Waals surface area contributed by atoms with Gasteiger partial charge in [0, 0.05) is 43.3 Å². The largest absolute Gasteiger partial charge is 0.490 e. The second kappa shape index (κ2) is 15.1. The van der Waals surface area contributed by atoms with Crippen molar-refractivity contribution in [2.24, 2.45) is 0 Å². The molecule has 1 heterocycles. The topological polar surface area (TPSA) is 139 Å². The number of carbonyl (C=O) groups excluding carboxylic acids is 2. The number of aromatic carboxylic acids is 1. The molecule has 1 fully saturated rings. The van der Waals surface area contributed by atoms with E-state index in [9.17, 15) is 32.7 Å². The van der Waals surface area contributed by atoms with Gasteiger partial charge < -0.3 is 25.7 Å². The summed E-state index contributed by atoms with van der Waals surface area (Å²) in [6.45, 7) is 5.80. The molecule has 4 N–H and O–H groups in total. The fourth-order valence-electron chi connectivity index (χ4n) is 3.68. The first-order chi connectivity index (χ1) is 18.8. The zero-order chi connectivity index (χ0) is 29.9. The van der Waals surface area contributed by atoms with Gasteiger partial charge in [0.25, 0.3) is 5.91 Å². The molecule has 14 heteroatoms. The number of aliphatic carboxylic acids is 1. The first-order valence-corrected chi connectivity index (χ1v) is 12.7. The smallest absolute Gasteiger partial charge is 0.478 e. The van der Waals surface area contributed by atoms with Gasteiger partial charge in [0.2, 0.25) is 5.91 Å². The minimum Gasteiger partial charge on any atom is -0.478 e. The molecule has 0 radical (unpaired) electrons. The number of hydrogen-bond donors (Lipinski definition) is 4. The van der Waals surface area contributed by atoms with Crippen molar-refractivity contribution < 1.29 is 42.6 Å². The van der Waals surface area contributed by atoms with Crippen molar-refractivity contribution in [3.8, 4) is 0 Å². The highest BCUT2D eigenvalue weighted by Crippen LogP contribution is 2.29. The minimum atomic E-state index is -5.08. The van der Waals surface area contributed by atoms with Crippen LogP contribution in [0.4, 0.5) is 24.5 Å². The number of benzene rings is 2. The maximum atomic E-state index is 12.8. The summed E-state index contributed by atoms with van der Waals surface area (Å²) >= 11 is 6.00. The molecule has 0 unspecified atom stereocenters. The zero-order valence-corrected chi connectivity index (χ0v) is 22.4. The number of alkyl halides is 3.